The lowest BCUT2D eigenvalue weighted by Gasteiger charge is -2.41. The summed E-state index contributed by atoms with van der Waals surface area (Å²) in [5, 5.41) is 0. The fourth-order valence-electron chi connectivity index (χ4n) is 4.15. The van der Waals surface area contributed by atoms with Crippen molar-refractivity contribution in [2.75, 3.05) is 13.2 Å². The molecule has 0 radical (unpaired) electrons. The maximum atomic E-state index is 11.9. The van der Waals surface area contributed by atoms with Crippen LogP contribution in [0.25, 0.3) is 0 Å². The van der Waals surface area contributed by atoms with Gasteiger partial charge in [-0.1, -0.05) is 19.3 Å². The number of ether oxygens (including phenoxy) is 1. The van der Waals surface area contributed by atoms with Crippen molar-refractivity contribution in [3.63, 3.8) is 0 Å². The summed E-state index contributed by atoms with van der Waals surface area (Å²) in [6.07, 6.45) is 6.55. The van der Waals surface area contributed by atoms with Crippen LogP contribution in [-0.4, -0.2) is 30.2 Å². The summed E-state index contributed by atoms with van der Waals surface area (Å²) in [5.74, 6) is 2.52. The minimum absolute atomic E-state index is 0.0671. The number of hydrogen-bond donors (Lipinski definition) is 0. The van der Waals surface area contributed by atoms with Crippen LogP contribution in [0, 0.1) is 17.8 Å². The van der Waals surface area contributed by atoms with Gasteiger partial charge in [0.05, 0.1) is 6.61 Å². The summed E-state index contributed by atoms with van der Waals surface area (Å²) in [4.78, 5) is 13.9. The topological polar surface area (TPSA) is 29.5 Å². The average molecular weight is 223 g/mol. The SMILES string of the molecule is CCOC(=O)N1CC2CC3CCCCC1C32. The van der Waals surface area contributed by atoms with E-state index in [0.717, 1.165) is 24.3 Å². The second-order valence-electron chi connectivity index (χ2n) is 5.54. The molecule has 3 heteroatoms. The highest BCUT2D eigenvalue weighted by molar-refractivity contribution is 5.68. The number of amides is 1. The van der Waals surface area contributed by atoms with Crippen LogP contribution < -0.4 is 0 Å². The van der Waals surface area contributed by atoms with Crippen LogP contribution in [0.15, 0.2) is 0 Å². The Kier molecular flexibility index (Phi) is 2.56. The van der Waals surface area contributed by atoms with Crippen molar-refractivity contribution in [2.45, 2.75) is 45.1 Å². The predicted octanol–water partition coefficient (Wildman–Crippen LogP) is 2.65. The quantitative estimate of drug-likeness (QED) is 0.684. The zero-order chi connectivity index (χ0) is 11.1. The molecule has 4 unspecified atom stereocenters. The molecule has 4 atom stereocenters. The highest BCUT2D eigenvalue weighted by Crippen LogP contribution is 2.54. The minimum atomic E-state index is -0.0671. The maximum Gasteiger partial charge on any atom is 0.410 e. The molecule has 1 saturated heterocycles. The molecule has 2 saturated carbocycles. The summed E-state index contributed by atoms with van der Waals surface area (Å²) in [6.45, 7) is 3.35. The van der Waals surface area contributed by atoms with Crippen LogP contribution in [0.3, 0.4) is 0 Å². The Labute approximate surface area is 97.1 Å². The fourth-order valence-corrected chi connectivity index (χ4v) is 4.15. The Morgan fingerprint density at radius 1 is 1.31 bits per heavy atom. The first kappa shape index (κ1) is 10.4. The number of hydrogen-bond acceptors (Lipinski definition) is 2. The molecule has 1 heterocycles. The van der Waals surface area contributed by atoms with Crippen LogP contribution in [0.2, 0.25) is 0 Å². The van der Waals surface area contributed by atoms with E-state index in [2.05, 4.69) is 0 Å². The number of rotatable bonds is 1. The van der Waals surface area contributed by atoms with Gasteiger partial charge in [0, 0.05) is 12.6 Å². The lowest BCUT2D eigenvalue weighted by molar-refractivity contribution is 0.0800. The van der Waals surface area contributed by atoms with Crippen molar-refractivity contribution in [1.29, 1.82) is 0 Å². The molecule has 0 aromatic carbocycles. The Morgan fingerprint density at radius 2 is 2.12 bits per heavy atom. The van der Waals surface area contributed by atoms with E-state index >= 15 is 0 Å². The van der Waals surface area contributed by atoms with Crippen LogP contribution in [0.4, 0.5) is 4.79 Å². The Morgan fingerprint density at radius 3 is 2.94 bits per heavy atom. The number of carbonyl (C=O) groups excluding carboxylic acids is 1. The molecule has 0 bridgehead atoms. The molecular weight excluding hydrogens is 202 g/mol. The van der Waals surface area contributed by atoms with Gasteiger partial charge in [0.15, 0.2) is 0 Å². The summed E-state index contributed by atoms with van der Waals surface area (Å²) in [7, 11) is 0. The van der Waals surface area contributed by atoms with Gasteiger partial charge < -0.3 is 9.64 Å². The van der Waals surface area contributed by atoms with Gasteiger partial charge in [-0.05, 0) is 37.5 Å². The van der Waals surface area contributed by atoms with E-state index in [9.17, 15) is 4.79 Å². The first-order valence-electron chi connectivity index (χ1n) is 6.74. The first-order valence-corrected chi connectivity index (χ1v) is 6.74. The van der Waals surface area contributed by atoms with Crippen LogP contribution in [-0.2, 0) is 4.74 Å². The number of nitrogens with zero attached hydrogens (tertiary/aromatic N) is 1. The molecule has 3 nitrogen and oxygen atoms in total. The molecule has 3 aliphatic rings. The van der Waals surface area contributed by atoms with Gasteiger partial charge in [0.25, 0.3) is 0 Å². The molecule has 1 aliphatic heterocycles. The number of carbonyl (C=O) groups is 1. The molecule has 3 fully saturated rings. The monoisotopic (exact) mass is 223 g/mol. The van der Waals surface area contributed by atoms with Gasteiger partial charge in [-0.25, -0.2) is 4.79 Å². The van der Waals surface area contributed by atoms with Gasteiger partial charge in [-0.2, -0.15) is 0 Å². The van der Waals surface area contributed by atoms with Crippen LogP contribution in [0.1, 0.15) is 39.0 Å². The Bertz CT molecular complexity index is 292. The molecule has 3 rings (SSSR count). The lowest BCUT2D eigenvalue weighted by Crippen LogP contribution is -2.41. The average Bonchev–Trinajstić information content (AvgIpc) is 2.42. The number of likely N-dealkylation sites (tertiary alicyclic amines) is 1. The normalized spacial score (nSPS) is 40.9. The molecule has 90 valence electrons. The van der Waals surface area contributed by atoms with E-state index < -0.39 is 0 Å². The Balaban J connectivity index is 1.74. The van der Waals surface area contributed by atoms with Gasteiger partial charge in [0.2, 0.25) is 0 Å². The fraction of sp³-hybridized carbons (Fsp3) is 0.923. The third kappa shape index (κ3) is 1.44. The summed E-state index contributed by atoms with van der Waals surface area (Å²) in [5.41, 5.74) is 0. The largest absolute Gasteiger partial charge is 0.450 e. The molecular formula is C13H21NO2. The van der Waals surface area contributed by atoms with Crippen LogP contribution >= 0.6 is 0 Å². The van der Waals surface area contributed by atoms with E-state index in [0.29, 0.717) is 12.6 Å². The smallest absolute Gasteiger partial charge is 0.410 e. The van der Waals surface area contributed by atoms with Crippen LogP contribution in [0.5, 0.6) is 0 Å². The third-order valence-electron chi connectivity index (χ3n) is 4.80. The molecule has 16 heavy (non-hydrogen) atoms. The molecule has 2 aliphatic carbocycles. The minimum Gasteiger partial charge on any atom is -0.450 e. The van der Waals surface area contributed by atoms with Gasteiger partial charge >= 0.3 is 6.09 Å². The third-order valence-corrected chi connectivity index (χ3v) is 4.80. The van der Waals surface area contributed by atoms with E-state index in [1.54, 1.807) is 0 Å². The van der Waals surface area contributed by atoms with Gasteiger partial charge in [-0.3, -0.25) is 0 Å². The molecule has 1 amide bonds. The van der Waals surface area contributed by atoms with Crippen molar-refractivity contribution in [3.8, 4) is 0 Å². The highest BCUT2D eigenvalue weighted by atomic mass is 16.6. The standard InChI is InChI=1S/C13H21NO2/c1-2-16-13(15)14-8-10-7-9-5-3-4-6-11(14)12(9)10/h9-12H,2-8H2,1H3. The molecule has 0 N–H and O–H groups in total. The summed E-state index contributed by atoms with van der Waals surface area (Å²) < 4.78 is 5.17. The van der Waals surface area contributed by atoms with E-state index in [4.69, 9.17) is 4.74 Å². The van der Waals surface area contributed by atoms with Crippen molar-refractivity contribution in [1.82, 2.24) is 4.90 Å². The van der Waals surface area contributed by atoms with E-state index in [1.807, 2.05) is 11.8 Å². The van der Waals surface area contributed by atoms with E-state index in [-0.39, 0.29) is 6.09 Å². The van der Waals surface area contributed by atoms with Gasteiger partial charge in [0.1, 0.15) is 0 Å². The zero-order valence-corrected chi connectivity index (χ0v) is 10.0. The predicted molar refractivity (Wildman–Crippen MR) is 61.1 cm³/mol. The second kappa shape index (κ2) is 3.94. The van der Waals surface area contributed by atoms with Crippen molar-refractivity contribution in [2.24, 2.45) is 17.8 Å². The lowest BCUT2D eigenvalue weighted by atomic mass is 9.63. The molecule has 0 aromatic rings. The van der Waals surface area contributed by atoms with Gasteiger partial charge in [-0.15, -0.1) is 0 Å². The molecule has 0 spiro atoms. The summed E-state index contributed by atoms with van der Waals surface area (Å²) >= 11 is 0. The summed E-state index contributed by atoms with van der Waals surface area (Å²) in [6, 6.07) is 0.505. The maximum absolute atomic E-state index is 11.9. The molecule has 0 aromatic heterocycles. The second-order valence-corrected chi connectivity index (χ2v) is 5.54. The highest BCUT2D eigenvalue weighted by Gasteiger charge is 2.54. The Hall–Kier alpha value is -0.730. The van der Waals surface area contributed by atoms with Crippen molar-refractivity contribution < 1.29 is 9.53 Å². The van der Waals surface area contributed by atoms with Crippen molar-refractivity contribution in [3.05, 3.63) is 0 Å². The van der Waals surface area contributed by atoms with Crippen molar-refractivity contribution >= 4 is 6.09 Å². The first-order chi connectivity index (χ1) is 7.81. The van der Waals surface area contributed by atoms with E-state index in [1.165, 1.54) is 32.1 Å². The zero-order valence-electron chi connectivity index (χ0n) is 10.0.